The van der Waals surface area contributed by atoms with Crippen molar-refractivity contribution in [1.29, 1.82) is 0 Å². The molecular formula is C15H21NO3. The number of nitrogens with one attached hydrogen (secondary N) is 1. The smallest absolute Gasteiger partial charge is 0.161 e. The van der Waals surface area contributed by atoms with E-state index in [2.05, 4.69) is 17.4 Å². The van der Waals surface area contributed by atoms with Gasteiger partial charge in [0, 0.05) is 6.04 Å². The zero-order valence-corrected chi connectivity index (χ0v) is 11.1. The molecule has 104 valence electrons. The van der Waals surface area contributed by atoms with E-state index in [1.165, 1.54) is 5.56 Å². The van der Waals surface area contributed by atoms with Crippen LogP contribution in [0.25, 0.3) is 0 Å². The lowest BCUT2D eigenvalue weighted by atomic mass is 10.1. The predicted octanol–water partition coefficient (Wildman–Crippen LogP) is 1.50. The van der Waals surface area contributed by atoms with E-state index in [1.54, 1.807) is 0 Å². The molecule has 0 spiro atoms. The molecule has 0 radical (unpaired) electrons. The molecule has 1 aromatic rings. The molecule has 3 rings (SSSR count). The number of aliphatic hydroxyl groups is 1. The molecule has 0 saturated heterocycles. The van der Waals surface area contributed by atoms with Gasteiger partial charge in [-0.1, -0.05) is 6.07 Å². The van der Waals surface area contributed by atoms with Crippen molar-refractivity contribution in [2.24, 2.45) is 0 Å². The third kappa shape index (κ3) is 3.01. The van der Waals surface area contributed by atoms with E-state index >= 15 is 0 Å². The van der Waals surface area contributed by atoms with Crippen LogP contribution in [0, 0.1) is 0 Å². The van der Waals surface area contributed by atoms with E-state index in [-0.39, 0.29) is 12.1 Å². The Balaban J connectivity index is 1.52. The van der Waals surface area contributed by atoms with Gasteiger partial charge in [-0.05, 0) is 49.9 Å². The third-order valence-corrected chi connectivity index (χ3v) is 3.91. The van der Waals surface area contributed by atoms with Crippen LogP contribution in [0.5, 0.6) is 11.5 Å². The van der Waals surface area contributed by atoms with Crippen LogP contribution in [0.1, 0.15) is 24.8 Å². The number of aliphatic hydroxyl groups excluding tert-OH is 1. The Morgan fingerprint density at radius 1 is 1.16 bits per heavy atom. The van der Waals surface area contributed by atoms with Crippen LogP contribution in [-0.4, -0.2) is 37.0 Å². The highest BCUT2D eigenvalue weighted by molar-refractivity contribution is 5.43. The van der Waals surface area contributed by atoms with Gasteiger partial charge >= 0.3 is 0 Å². The van der Waals surface area contributed by atoms with Crippen molar-refractivity contribution in [2.75, 3.05) is 19.8 Å². The third-order valence-electron chi connectivity index (χ3n) is 3.91. The first-order valence-corrected chi connectivity index (χ1v) is 7.13. The van der Waals surface area contributed by atoms with Gasteiger partial charge in [-0.25, -0.2) is 0 Å². The maximum absolute atomic E-state index is 9.75. The number of hydrogen-bond donors (Lipinski definition) is 2. The highest BCUT2D eigenvalue weighted by Crippen LogP contribution is 2.30. The van der Waals surface area contributed by atoms with Crippen molar-refractivity contribution in [1.82, 2.24) is 5.32 Å². The summed E-state index contributed by atoms with van der Waals surface area (Å²) < 4.78 is 11.1. The monoisotopic (exact) mass is 263 g/mol. The highest BCUT2D eigenvalue weighted by Gasteiger charge is 2.24. The van der Waals surface area contributed by atoms with Gasteiger partial charge in [0.15, 0.2) is 11.5 Å². The van der Waals surface area contributed by atoms with Crippen molar-refractivity contribution in [3.8, 4) is 11.5 Å². The summed E-state index contributed by atoms with van der Waals surface area (Å²) in [6.07, 6.45) is 3.92. The number of benzene rings is 1. The molecule has 0 bridgehead atoms. The Bertz CT molecular complexity index is 435. The van der Waals surface area contributed by atoms with E-state index in [0.29, 0.717) is 13.2 Å². The lowest BCUT2D eigenvalue weighted by Crippen LogP contribution is -2.36. The van der Waals surface area contributed by atoms with Crippen LogP contribution in [0.2, 0.25) is 0 Å². The summed E-state index contributed by atoms with van der Waals surface area (Å²) in [4.78, 5) is 0. The summed E-state index contributed by atoms with van der Waals surface area (Å²) >= 11 is 0. The second-order valence-corrected chi connectivity index (χ2v) is 5.29. The number of rotatable bonds is 4. The largest absolute Gasteiger partial charge is 0.486 e. The van der Waals surface area contributed by atoms with Crippen LogP contribution < -0.4 is 14.8 Å². The SMILES string of the molecule is O[C@H]1CCC[C@@H]1NCCc1ccc2c(c1)OCCO2. The van der Waals surface area contributed by atoms with Gasteiger partial charge in [0.2, 0.25) is 0 Å². The van der Waals surface area contributed by atoms with Crippen molar-refractivity contribution in [2.45, 2.75) is 37.8 Å². The average Bonchev–Trinajstić information content (AvgIpc) is 2.84. The van der Waals surface area contributed by atoms with Gasteiger partial charge in [0.05, 0.1) is 6.10 Å². The molecule has 1 saturated carbocycles. The summed E-state index contributed by atoms with van der Waals surface area (Å²) in [6, 6.07) is 6.40. The number of ether oxygens (including phenoxy) is 2. The molecule has 1 fully saturated rings. The minimum atomic E-state index is -0.166. The van der Waals surface area contributed by atoms with Crippen LogP contribution in [-0.2, 0) is 6.42 Å². The van der Waals surface area contributed by atoms with Crippen LogP contribution in [0.3, 0.4) is 0 Å². The van der Waals surface area contributed by atoms with Gasteiger partial charge in [-0.2, -0.15) is 0 Å². The summed E-state index contributed by atoms with van der Waals surface area (Å²) in [6.45, 7) is 2.15. The molecule has 4 heteroatoms. The molecule has 2 atom stereocenters. The fraction of sp³-hybridized carbons (Fsp3) is 0.600. The van der Waals surface area contributed by atoms with Crippen LogP contribution >= 0.6 is 0 Å². The minimum absolute atomic E-state index is 0.166. The summed E-state index contributed by atoms with van der Waals surface area (Å²) in [7, 11) is 0. The van der Waals surface area contributed by atoms with Gasteiger partial charge in [0.1, 0.15) is 13.2 Å². The lowest BCUT2D eigenvalue weighted by Gasteiger charge is -2.19. The molecule has 19 heavy (non-hydrogen) atoms. The minimum Gasteiger partial charge on any atom is -0.486 e. The normalized spacial score (nSPS) is 25.5. The molecule has 2 aliphatic rings. The topological polar surface area (TPSA) is 50.7 Å². The number of fused-ring (bicyclic) bond motifs is 1. The zero-order valence-electron chi connectivity index (χ0n) is 11.1. The van der Waals surface area contributed by atoms with Gasteiger partial charge in [-0.3, -0.25) is 0 Å². The van der Waals surface area contributed by atoms with Crippen molar-refractivity contribution >= 4 is 0 Å². The molecule has 0 unspecified atom stereocenters. The standard InChI is InChI=1S/C15H21NO3/c17-13-3-1-2-12(13)16-7-6-11-4-5-14-15(10-11)19-9-8-18-14/h4-5,10,12-13,16-17H,1-3,6-9H2/t12-,13-/m0/s1. The summed E-state index contributed by atoms with van der Waals surface area (Å²) in [5.41, 5.74) is 1.24. The Labute approximate surface area is 113 Å². The lowest BCUT2D eigenvalue weighted by molar-refractivity contribution is 0.149. The molecule has 2 N–H and O–H groups in total. The fourth-order valence-corrected chi connectivity index (χ4v) is 2.82. The van der Waals surface area contributed by atoms with Gasteiger partial charge < -0.3 is 19.9 Å². The van der Waals surface area contributed by atoms with Gasteiger partial charge in [-0.15, -0.1) is 0 Å². The average molecular weight is 263 g/mol. The summed E-state index contributed by atoms with van der Waals surface area (Å²) in [5, 5.41) is 13.2. The highest BCUT2D eigenvalue weighted by atomic mass is 16.6. The quantitative estimate of drug-likeness (QED) is 0.864. The van der Waals surface area contributed by atoms with Crippen molar-refractivity contribution in [3.05, 3.63) is 23.8 Å². The first-order chi connectivity index (χ1) is 9.33. The zero-order chi connectivity index (χ0) is 13.1. The van der Waals surface area contributed by atoms with Crippen molar-refractivity contribution in [3.63, 3.8) is 0 Å². The van der Waals surface area contributed by atoms with E-state index in [9.17, 15) is 5.11 Å². The second kappa shape index (κ2) is 5.80. The van der Waals surface area contributed by atoms with Crippen LogP contribution in [0.4, 0.5) is 0 Å². The Kier molecular flexibility index (Phi) is 3.89. The Morgan fingerprint density at radius 2 is 2.00 bits per heavy atom. The molecule has 1 aliphatic carbocycles. The maximum atomic E-state index is 9.75. The Morgan fingerprint density at radius 3 is 2.79 bits per heavy atom. The number of hydrogen-bond acceptors (Lipinski definition) is 4. The molecular weight excluding hydrogens is 242 g/mol. The molecule has 1 aliphatic heterocycles. The first kappa shape index (κ1) is 12.8. The molecule has 1 aromatic carbocycles. The second-order valence-electron chi connectivity index (χ2n) is 5.29. The Hall–Kier alpha value is -1.26. The maximum Gasteiger partial charge on any atom is 0.161 e. The van der Waals surface area contributed by atoms with E-state index in [0.717, 1.165) is 43.7 Å². The van der Waals surface area contributed by atoms with Gasteiger partial charge in [0.25, 0.3) is 0 Å². The van der Waals surface area contributed by atoms with E-state index in [4.69, 9.17) is 9.47 Å². The molecule has 4 nitrogen and oxygen atoms in total. The molecule has 1 heterocycles. The summed E-state index contributed by atoms with van der Waals surface area (Å²) in [5.74, 6) is 1.69. The predicted molar refractivity (Wildman–Crippen MR) is 72.8 cm³/mol. The molecule has 0 aromatic heterocycles. The first-order valence-electron chi connectivity index (χ1n) is 7.13. The van der Waals surface area contributed by atoms with Crippen molar-refractivity contribution < 1.29 is 14.6 Å². The van der Waals surface area contributed by atoms with E-state index in [1.807, 2.05) is 6.07 Å². The van der Waals surface area contributed by atoms with Crippen LogP contribution in [0.15, 0.2) is 18.2 Å². The fourth-order valence-electron chi connectivity index (χ4n) is 2.82. The molecule has 0 amide bonds. The van der Waals surface area contributed by atoms with E-state index < -0.39 is 0 Å².